The van der Waals surface area contributed by atoms with Crippen molar-refractivity contribution in [1.82, 2.24) is 0 Å². The van der Waals surface area contributed by atoms with Gasteiger partial charge in [0.2, 0.25) is 0 Å². The van der Waals surface area contributed by atoms with Crippen LogP contribution in [0.3, 0.4) is 0 Å². The second-order valence-corrected chi connectivity index (χ2v) is 3.70. The Morgan fingerprint density at radius 3 is 2.45 bits per heavy atom. The highest BCUT2D eigenvalue weighted by atomic mass is 79.9. The number of benzene rings is 1. The highest BCUT2D eigenvalue weighted by Crippen LogP contribution is 2.18. The third-order valence-corrected chi connectivity index (χ3v) is 2.87. The van der Waals surface area contributed by atoms with Crippen LogP contribution in [0, 0.1) is 5.82 Å². The Labute approximate surface area is 73.1 Å². The average molecular weight is 239 g/mol. The Balaban J connectivity index is 3.35. The minimum Gasteiger partial charge on any atom is -0.227 e. The maximum absolute atomic E-state index is 12.4. The van der Waals surface area contributed by atoms with Crippen molar-refractivity contribution in [2.45, 2.75) is 4.90 Å². The van der Waals surface area contributed by atoms with Crippen molar-refractivity contribution in [3.05, 3.63) is 28.5 Å². The minimum absolute atomic E-state index is 0.0278. The molecule has 1 rings (SSSR count). The van der Waals surface area contributed by atoms with Crippen molar-refractivity contribution in [2.75, 3.05) is 0 Å². The van der Waals surface area contributed by atoms with E-state index in [1.54, 1.807) is 0 Å². The molecule has 0 aliphatic rings. The van der Waals surface area contributed by atoms with E-state index in [1.807, 2.05) is 0 Å². The molecule has 0 saturated heterocycles. The van der Waals surface area contributed by atoms with Crippen LogP contribution in [0.25, 0.3) is 0 Å². The van der Waals surface area contributed by atoms with Crippen LogP contribution in [0.4, 0.5) is 4.39 Å². The lowest BCUT2D eigenvalue weighted by molar-refractivity contribution is 0.605. The molecule has 0 aliphatic carbocycles. The van der Waals surface area contributed by atoms with E-state index in [0.717, 1.165) is 6.07 Å². The fourth-order valence-electron chi connectivity index (χ4n) is 0.626. The molecule has 0 fully saturated rings. The van der Waals surface area contributed by atoms with Gasteiger partial charge in [0.25, 0.3) is 0 Å². The average Bonchev–Trinajstić information content (AvgIpc) is 1.94. The van der Waals surface area contributed by atoms with E-state index >= 15 is 0 Å². The molecule has 0 N–H and O–H groups in total. The first kappa shape index (κ1) is 8.67. The maximum atomic E-state index is 12.4. The molecule has 0 atom stereocenters. The van der Waals surface area contributed by atoms with Crippen LogP contribution in [0.1, 0.15) is 0 Å². The molecular weight excluding hydrogens is 235 g/mol. The van der Waals surface area contributed by atoms with Gasteiger partial charge in [-0.2, -0.15) is 0 Å². The third kappa shape index (κ3) is 2.00. The number of halogens is 2. The molecule has 5 heteroatoms. The zero-order valence-electron chi connectivity index (χ0n) is 5.25. The predicted molar refractivity (Wildman–Crippen MR) is 42.7 cm³/mol. The lowest BCUT2D eigenvalue weighted by Gasteiger charge is -1.94. The highest BCUT2D eigenvalue weighted by molar-refractivity contribution is 9.10. The first-order valence-corrected chi connectivity index (χ1v) is 4.68. The second-order valence-electron chi connectivity index (χ2n) is 1.85. The van der Waals surface area contributed by atoms with Gasteiger partial charge in [-0.1, -0.05) is 0 Å². The van der Waals surface area contributed by atoms with Crippen molar-refractivity contribution in [3.63, 3.8) is 0 Å². The molecule has 1 aromatic carbocycles. The van der Waals surface area contributed by atoms with Crippen molar-refractivity contribution in [3.8, 4) is 0 Å². The molecule has 0 unspecified atom stereocenters. The van der Waals surface area contributed by atoms with E-state index < -0.39 is 16.5 Å². The fraction of sp³-hybridized carbons (Fsp3) is 0. The molecule has 0 aromatic heterocycles. The van der Waals surface area contributed by atoms with E-state index in [1.165, 1.54) is 12.1 Å². The first-order chi connectivity index (χ1) is 5.11. The molecule has 0 bridgehead atoms. The molecule has 0 heterocycles. The van der Waals surface area contributed by atoms with Crippen LogP contribution in [0.2, 0.25) is 0 Å². The SMILES string of the molecule is O=[SH](=O)c1cc(F)ccc1Br. The van der Waals surface area contributed by atoms with Crippen LogP contribution >= 0.6 is 15.9 Å². The molecule has 60 valence electrons. The summed E-state index contributed by atoms with van der Waals surface area (Å²) in [5.74, 6) is -0.553. The highest BCUT2D eigenvalue weighted by Gasteiger charge is 2.02. The minimum atomic E-state index is -2.72. The van der Waals surface area contributed by atoms with Crippen molar-refractivity contribution >= 4 is 26.6 Å². The topological polar surface area (TPSA) is 34.1 Å². The molecule has 2 nitrogen and oxygen atoms in total. The normalized spacial score (nSPS) is 10.5. The summed E-state index contributed by atoms with van der Waals surface area (Å²) in [5.41, 5.74) is 0. The van der Waals surface area contributed by atoms with E-state index in [4.69, 9.17) is 0 Å². The molecule has 0 aliphatic heterocycles. The van der Waals surface area contributed by atoms with Crippen LogP contribution in [0.15, 0.2) is 27.6 Å². The summed E-state index contributed by atoms with van der Waals surface area (Å²) in [6, 6.07) is 3.51. The first-order valence-electron chi connectivity index (χ1n) is 2.70. The van der Waals surface area contributed by atoms with Gasteiger partial charge in [0, 0.05) is 4.47 Å². The molecule has 0 amide bonds. The van der Waals surface area contributed by atoms with Crippen LogP contribution in [0.5, 0.6) is 0 Å². The zero-order valence-corrected chi connectivity index (χ0v) is 7.73. The van der Waals surface area contributed by atoms with E-state index in [2.05, 4.69) is 15.9 Å². The van der Waals surface area contributed by atoms with Crippen molar-refractivity contribution in [1.29, 1.82) is 0 Å². The molecule has 0 saturated carbocycles. The molecule has 11 heavy (non-hydrogen) atoms. The van der Waals surface area contributed by atoms with Crippen LogP contribution in [-0.4, -0.2) is 8.42 Å². The third-order valence-electron chi connectivity index (χ3n) is 1.10. The largest absolute Gasteiger partial charge is 0.227 e. The Bertz CT molecular complexity index is 340. The monoisotopic (exact) mass is 238 g/mol. The van der Waals surface area contributed by atoms with Gasteiger partial charge < -0.3 is 0 Å². The quantitative estimate of drug-likeness (QED) is 0.754. The number of hydrogen-bond donors (Lipinski definition) is 1. The molecule has 1 aromatic rings. The van der Waals surface area contributed by atoms with Gasteiger partial charge in [0.15, 0.2) is 10.7 Å². The van der Waals surface area contributed by atoms with Crippen LogP contribution < -0.4 is 0 Å². The van der Waals surface area contributed by atoms with Gasteiger partial charge in [0.05, 0.1) is 4.90 Å². The van der Waals surface area contributed by atoms with E-state index in [9.17, 15) is 12.8 Å². The number of thiol groups is 1. The van der Waals surface area contributed by atoms with Gasteiger partial charge >= 0.3 is 0 Å². The van der Waals surface area contributed by atoms with Crippen molar-refractivity contribution < 1.29 is 12.8 Å². The molecule has 0 radical (unpaired) electrons. The van der Waals surface area contributed by atoms with Gasteiger partial charge in [-0.3, -0.25) is 0 Å². The summed E-state index contributed by atoms with van der Waals surface area (Å²) in [6.07, 6.45) is 0. The summed E-state index contributed by atoms with van der Waals surface area (Å²) in [4.78, 5) is -0.0278. The Kier molecular flexibility index (Phi) is 2.62. The standard InChI is InChI=1S/C6H4BrFO2S/c7-5-2-1-4(8)3-6(5)11(9)10/h1-3,11H. The fourth-order valence-corrected chi connectivity index (χ4v) is 1.78. The Hall–Kier alpha value is -0.420. The Morgan fingerprint density at radius 2 is 2.00 bits per heavy atom. The van der Waals surface area contributed by atoms with Gasteiger partial charge in [-0.05, 0) is 34.1 Å². The summed E-state index contributed by atoms with van der Waals surface area (Å²) < 4.78 is 33.6. The summed E-state index contributed by atoms with van der Waals surface area (Å²) in [6.45, 7) is 0. The molecule has 0 spiro atoms. The lowest BCUT2D eigenvalue weighted by atomic mass is 10.3. The Morgan fingerprint density at radius 1 is 1.36 bits per heavy atom. The van der Waals surface area contributed by atoms with Gasteiger partial charge in [-0.15, -0.1) is 0 Å². The van der Waals surface area contributed by atoms with Gasteiger partial charge in [-0.25, -0.2) is 12.8 Å². The summed E-state index contributed by atoms with van der Waals surface area (Å²) in [7, 11) is -2.72. The summed E-state index contributed by atoms with van der Waals surface area (Å²) >= 11 is 2.98. The zero-order chi connectivity index (χ0) is 8.43. The predicted octanol–water partition coefficient (Wildman–Crippen LogP) is 1.56. The van der Waals surface area contributed by atoms with E-state index in [0.29, 0.717) is 4.47 Å². The van der Waals surface area contributed by atoms with Crippen LogP contribution in [-0.2, 0) is 10.7 Å². The maximum Gasteiger partial charge on any atom is 0.169 e. The van der Waals surface area contributed by atoms with Gasteiger partial charge in [0.1, 0.15) is 5.82 Å². The van der Waals surface area contributed by atoms with Crippen molar-refractivity contribution in [2.24, 2.45) is 0 Å². The second kappa shape index (κ2) is 3.32. The van der Waals surface area contributed by atoms with E-state index in [-0.39, 0.29) is 4.90 Å². The number of hydrogen-bond acceptors (Lipinski definition) is 2. The number of rotatable bonds is 1. The lowest BCUT2D eigenvalue weighted by Crippen LogP contribution is -1.83. The smallest absolute Gasteiger partial charge is 0.169 e. The molecular formula is C6H4BrFO2S. The summed E-state index contributed by atoms with van der Waals surface area (Å²) in [5, 5.41) is 0.